The number of para-hydroxylation sites is 3. The molecule has 62 heavy (non-hydrogen) atoms. The molecule has 2 heterocycles. The van der Waals surface area contributed by atoms with Crippen molar-refractivity contribution in [2.45, 2.75) is 54.3 Å². The predicted molar refractivity (Wildman–Crippen MR) is 224 cm³/mol. The Labute approximate surface area is 358 Å². The molecule has 0 unspecified atom stereocenters. The van der Waals surface area contributed by atoms with Crippen LogP contribution >= 0.6 is 0 Å². The molecule has 2 aliphatic heterocycles. The Morgan fingerprint density at radius 3 is 2.05 bits per heavy atom. The quantitative estimate of drug-likeness (QED) is 0.106. The van der Waals surface area contributed by atoms with Crippen molar-refractivity contribution in [2.75, 3.05) is 40.0 Å². The molecule has 0 aromatic heterocycles. The number of rotatable bonds is 14. The van der Waals surface area contributed by atoms with E-state index in [4.69, 9.17) is 14.2 Å². The van der Waals surface area contributed by atoms with E-state index >= 15 is 0 Å². The van der Waals surface area contributed by atoms with Crippen LogP contribution in [0.25, 0.3) is 11.1 Å². The number of carbonyl (C=O) groups excluding carboxylic acids is 2. The fourth-order valence-electron chi connectivity index (χ4n) is 9.14. The first-order chi connectivity index (χ1) is 29.9. The standard InChI is InChI=1S/C47H46F3N3O8S/c1-58-25-13-12-24-46(38-18-6-8-20-40(38)60-41-21-9-7-19-39(41)46)30-51-44(54)31-26-32(52-62(56,57)43-23-11-10-22-42(43)61-47(48,49)50)28-53(27-31)45(55)59-29-37-35-16-4-2-14-33(35)34-15-3-5-17-36(34)37/h2-11,14-23,31-32,37,52H,12-13,24-30H2,1H3,(H,51,54)/t31-,32+/m0/s1. The molecule has 8 rings (SSSR count). The first-order valence-electron chi connectivity index (χ1n) is 20.5. The third-order valence-electron chi connectivity index (χ3n) is 11.9. The molecule has 11 nitrogen and oxygen atoms in total. The largest absolute Gasteiger partial charge is 0.573 e. The number of benzene rings is 5. The van der Waals surface area contributed by atoms with Crippen LogP contribution in [-0.4, -0.2) is 77.7 Å². The van der Waals surface area contributed by atoms with Gasteiger partial charge in [-0.2, -0.15) is 0 Å². The van der Waals surface area contributed by atoms with E-state index in [1.165, 1.54) is 17.0 Å². The Morgan fingerprint density at radius 2 is 1.40 bits per heavy atom. The second-order valence-corrected chi connectivity index (χ2v) is 17.5. The number of ether oxygens (including phenoxy) is 4. The second-order valence-electron chi connectivity index (χ2n) is 15.8. The van der Waals surface area contributed by atoms with Gasteiger partial charge in [0.1, 0.15) is 28.8 Å². The zero-order chi connectivity index (χ0) is 43.5. The minimum absolute atomic E-state index is 0.0226. The molecule has 5 aromatic rings. The number of likely N-dealkylation sites (tertiary alicyclic amines) is 1. The fourth-order valence-corrected chi connectivity index (χ4v) is 10.5. The number of nitrogens with zero attached hydrogens (tertiary/aromatic N) is 1. The highest BCUT2D eigenvalue weighted by molar-refractivity contribution is 7.89. The summed E-state index contributed by atoms with van der Waals surface area (Å²) in [5.41, 5.74) is 5.13. The van der Waals surface area contributed by atoms with Crippen LogP contribution < -0.4 is 19.5 Å². The maximum atomic E-state index is 14.5. The molecule has 324 valence electrons. The lowest BCUT2D eigenvalue weighted by molar-refractivity contribution is -0.275. The van der Waals surface area contributed by atoms with Crippen molar-refractivity contribution in [1.29, 1.82) is 0 Å². The number of amides is 2. The van der Waals surface area contributed by atoms with Crippen molar-refractivity contribution in [3.8, 4) is 28.4 Å². The smallest absolute Gasteiger partial charge is 0.457 e. The lowest BCUT2D eigenvalue weighted by Gasteiger charge is -2.41. The molecule has 1 fully saturated rings. The molecule has 5 aromatic carbocycles. The summed E-state index contributed by atoms with van der Waals surface area (Å²) in [5.74, 6) is -1.25. The molecule has 1 saturated heterocycles. The van der Waals surface area contributed by atoms with Gasteiger partial charge in [-0.1, -0.05) is 97.1 Å². The van der Waals surface area contributed by atoms with Crippen molar-refractivity contribution in [2.24, 2.45) is 5.92 Å². The molecule has 2 amide bonds. The van der Waals surface area contributed by atoms with Gasteiger partial charge in [-0.3, -0.25) is 4.79 Å². The van der Waals surface area contributed by atoms with Gasteiger partial charge in [0, 0.05) is 61.9 Å². The molecular weight excluding hydrogens is 824 g/mol. The van der Waals surface area contributed by atoms with Crippen molar-refractivity contribution in [1.82, 2.24) is 14.9 Å². The highest BCUT2D eigenvalue weighted by atomic mass is 32.2. The summed E-state index contributed by atoms with van der Waals surface area (Å²) in [6, 6.07) is 34.4. The summed E-state index contributed by atoms with van der Waals surface area (Å²) in [6.45, 7) is 0.358. The lowest BCUT2D eigenvalue weighted by atomic mass is 9.69. The van der Waals surface area contributed by atoms with Gasteiger partial charge in [0.2, 0.25) is 15.9 Å². The fraction of sp³-hybridized carbons (Fsp3) is 0.319. The van der Waals surface area contributed by atoms with Crippen molar-refractivity contribution < 1.29 is 50.1 Å². The summed E-state index contributed by atoms with van der Waals surface area (Å²) in [7, 11) is -3.04. The van der Waals surface area contributed by atoms with E-state index in [9.17, 15) is 31.2 Å². The first-order valence-corrected chi connectivity index (χ1v) is 22.0. The van der Waals surface area contributed by atoms with Gasteiger partial charge in [0.05, 0.1) is 5.92 Å². The van der Waals surface area contributed by atoms with Crippen LogP contribution in [0.3, 0.4) is 0 Å². The van der Waals surface area contributed by atoms with Crippen LogP contribution in [0.1, 0.15) is 53.9 Å². The van der Waals surface area contributed by atoms with Gasteiger partial charge in [-0.05, 0) is 72.2 Å². The van der Waals surface area contributed by atoms with Crippen LogP contribution in [-0.2, 0) is 29.7 Å². The summed E-state index contributed by atoms with van der Waals surface area (Å²) in [4.78, 5) is 29.1. The van der Waals surface area contributed by atoms with Gasteiger partial charge in [0.15, 0.2) is 0 Å². The van der Waals surface area contributed by atoms with E-state index in [0.717, 1.165) is 58.4 Å². The maximum absolute atomic E-state index is 14.5. The highest BCUT2D eigenvalue weighted by Crippen LogP contribution is 2.50. The topological polar surface area (TPSA) is 132 Å². The number of methoxy groups -OCH3 is 1. The Kier molecular flexibility index (Phi) is 12.3. The van der Waals surface area contributed by atoms with Crippen LogP contribution in [0.5, 0.6) is 17.2 Å². The van der Waals surface area contributed by atoms with E-state index in [1.807, 2.05) is 97.1 Å². The Morgan fingerprint density at radius 1 is 0.806 bits per heavy atom. The SMILES string of the molecule is COCCCCC1(CNC(=O)[C@H]2C[C@@H](NS(=O)(=O)c3ccccc3OC(F)(F)F)CN(C(=O)OCC3c4ccccc4-c4ccccc43)C2)c2ccccc2Oc2ccccc21. The number of carbonyl (C=O) groups is 2. The zero-order valence-electron chi connectivity index (χ0n) is 33.9. The number of sulfonamides is 1. The molecule has 1 aliphatic carbocycles. The van der Waals surface area contributed by atoms with Crippen LogP contribution in [0.4, 0.5) is 18.0 Å². The van der Waals surface area contributed by atoms with Gasteiger partial charge in [0.25, 0.3) is 0 Å². The van der Waals surface area contributed by atoms with Crippen molar-refractivity contribution in [3.63, 3.8) is 0 Å². The Hall–Kier alpha value is -5.90. The van der Waals surface area contributed by atoms with Gasteiger partial charge >= 0.3 is 12.5 Å². The summed E-state index contributed by atoms with van der Waals surface area (Å²) in [6.07, 6.45) is -3.84. The number of halogens is 3. The predicted octanol–water partition coefficient (Wildman–Crippen LogP) is 8.53. The number of hydrogen-bond acceptors (Lipinski definition) is 8. The molecule has 2 atom stereocenters. The average molecular weight is 870 g/mol. The molecule has 0 radical (unpaired) electrons. The summed E-state index contributed by atoms with van der Waals surface area (Å²) < 4.78 is 91.9. The van der Waals surface area contributed by atoms with Crippen LogP contribution in [0.2, 0.25) is 0 Å². The van der Waals surface area contributed by atoms with Gasteiger partial charge < -0.3 is 29.2 Å². The van der Waals surface area contributed by atoms with Crippen molar-refractivity contribution in [3.05, 3.63) is 144 Å². The summed E-state index contributed by atoms with van der Waals surface area (Å²) in [5, 5.41) is 3.17. The third kappa shape index (κ3) is 8.88. The minimum Gasteiger partial charge on any atom is -0.457 e. The van der Waals surface area contributed by atoms with E-state index in [2.05, 4.69) is 14.8 Å². The molecule has 0 spiro atoms. The molecular formula is C47H46F3N3O8S. The molecule has 15 heteroatoms. The van der Waals surface area contributed by atoms with E-state index in [-0.39, 0.29) is 38.6 Å². The van der Waals surface area contributed by atoms with Gasteiger partial charge in [-0.15, -0.1) is 13.2 Å². The Balaban J connectivity index is 1.07. The molecule has 2 N–H and O–H groups in total. The number of piperidine rings is 1. The van der Waals surface area contributed by atoms with E-state index in [1.54, 1.807) is 7.11 Å². The monoisotopic (exact) mass is 869 g/mol. The maximum Gasteiger partial charge on any atom is 0.573 e. The third-order valence-corrected chi connectivity index (χ3v) is 13.5. The number of alkyl halides is 3. The van der Waals surface area contributed by atoms with Crippen LogP contribution in [0.15, 0.2) is 126 Å². The molecule has 0 bridgehead atoms. The van der Waals surface area contributed by atoms with Crippen molar-refractivity contribution >= 4 is 22.0 Å². The normalized spacial score (nSPS) is 17.8. The molecule has 0 saturated carbocycles. The Bertz CT molecular complexity index is 2460. The van der Waals surface area contributed by atoms with E-state index in [0.29, 0.717) is 24.5 Å². The number of fused-ring (bicyclic) bond motifs is 5. The number of hydrogen-bond donors (Lipinski definition) is 2. The number of nitrogens with one attached hydrogen (secondary N) is 2. The number of unbranched alkanes of at least 4 members (excludes halogenated alkanes) is 1. The first kappa shape index (κ1) is 42.8. The zero-order valence-corrected chi connectivity index (χ0v) is 34.7. The van der Waals surface area contributed by atoms with Crippen LogP contribution in [0, 0.1) is 5.92 Å². The van der Waals surface area contributed by atoms with Gasteiger partial charge in [-0.25, -0.2) is 17.9 Å². The average Bonchev–Trinajstić information content (AvgIpc) is 3.58. The highest BCUT2D eigenvalue weighted by Gasteiger charge is 2.44. The van der Waals surface area contributed by atoms with E-state index < -0.39 is 56.4 Å². The summed E-state index contributed by atoms with van der Waals surface area (Å²) >= 11 is 0. The lowest BCUT2D eigenvalue weighted by Crippen LogP contribution is -2.56. The molecule has 3 aliphatic rings. The second kappa shape index (κ2) is 17.8. The minimum atomic E-state index is -5.16.